The van der Waals surface area contributed by atoms with Crippen LogP contribution < -0.4 is 0 Å². The highest BCUT2D eigenvalue weighted by atomic mass is 16.3. The summed E-state index contributed by atoms with van der Waals surface area (Å²) in [6, 6.07) is 5.51. The number of rotatable bonds is 1. The van der Waals surface area contributed by atoms with Crippen molar-refractivity contribution in [3.05, 3.63) is 29.3 Å². The van der Waals surface area contributed by atoms with Gasteiger partial charge in [0.15, 0.2) is 0 Å². The molecule has 0 radical (unpaired) electrons. The number of amides is 2. The summed E-state index contributed by atoms with van der Waals surface area (Å²) in [5.41, 5.74) is 2.01. The zero-order chi connectivity index (χ0) is 19.6. The van der Waals surface area contributed by atoms with E-state index in [9.17, 15) is 14.7 Å². The second kappa shape index (κ2) is 5.98. The van der Waals surface area contributed by atoms with E-state index in [2.05, 4.69) is 26.8 Å². The number of hydrogen-bond donors (Lipinski definition) is 1. The van der Waals surface area contributed by atoms with Crippen LogP contribution in [0, 0.1) is 5.41 Å². The van der Waals surface area contributed by atoms with E-state index in [1.807, 2.05) is 11.0 Å². The van der Waals surface area contributed by atoms with Gasteiger partial charge in [-0.2, -0.15) is 0 Å². The number of benzene rings is 1. The SMILES string of the molecule is CC(=O)N1CCCC1C(=O)N1CC[C@@]2(C)c3cccc(O)c3C[C@@H]1C2(C)C. The van der Waals surface area contributed by atoms with Crippen LogP contribution in [0.15, 0.2) is 18.2 Å². The molecular weight excluding hydrogens is 340 g/mol. The summed E-state index contributed by atoms with van der Waals surface area (Å²) in [5.74, 6) is 0.403. The van der Waals surface area contributed by atoms with Gasteiger partial charge in [0.05, 0.1) is 0 Å². The highest BCUT2D eigenvalue weighted by Gasteiger charge is 2.58. The molecule has 2 saturated heterocycles. The molecule has 3 atom stereocenters. The third-order valence-electron chi connectivity index (χ3n) is 7.85. The zero-order valence-electron chi connectivity index (χ0n) is 16.8. The molecule has 5 heteroatoms. The van der Waals surface area contributed by atoms with Gasteiger partial charge in [0.2, 0.25) is 11.8 Å². The number of piperidine rings is 1. The number of likely N-dealkylation sites (tertiary alicyclic amines) is 2. The molecule has 1 aromatic rings. The number of nitrogens with zero attached hydrogens (tertiary/aromatic N) is 2. The van der Waals surface area contributed by atoms with Gasteiger partial charge in [0, 0.05) is 31.5 Å². The number of carbonyl (C=O) groups is 2. The molecule has 2 amide bonds. The first-order valence-corrected chi connectivity index (χ1v) is 10.1. The summed E-state index contributed by atoms with van der Waals surface area (Å²) < 4.78 is 0. The van der Waals surface area contributed by atoms with Gasteiger partial charge in [-0.25, -0.2) is 0 Å². The van der Waals surface area contributed by atoms with Crippen molar-refractivity contribution in [2.45, 2.75) is 70.9 Å². The van der Waals surface area contributed by atoms with Gasteiger partial charge >= 0.3 is 0 Å². The molecular formula is C22H30N2O3. The molecule has 2 fully saturated rings. The first-order valence-electron chi connectivity index (χ1n) is 10.1. The first-order chi connectivity index (χ1) is 12.7. The van der Waals surface area contributed by atoms with Gasteiger partial charge < -0.3 is 14.9 Å². The fraction of sp³-hybridized carbons (Fsp3) is 0.636. The Balaban J connectivity index is 1.73. The van der Waals surface area contributed by atoms with Crippen molar-refractivity contribution >= 4 is 11.8 Å². The minimum Gasteiger partial charge on any atom is -0.508 e. The molecule has 0 saturated carbocycles. The molecule has 146 valence electrons. The molecule has 3 aliphatic rings. The van der Waals surface area contributed by atoms with Crippen LogP contribution in [0.1, 0.15) is 58.1 Å². The molecule has 1 unspecified atom stereocenters. The maximum Gasteiger partial charge on any atom is 0.245 e. The van der Waals surface area contributed by atoms with Crippen LogP contribution in [0.4, 0.5) is 0 Å². The number of fused-ring (bicyclic) bond motifs is 4. The molecule has 4 rings (SSSR count). The molecule has 2 aliphatic heterocycles. The molecule has 0 aromatic heterocycles. The van der Waals surface area contributed by atoms with Crippen molar-refractivity contribution in [2.75, 3.05) is 13.1 Å². The summed E-state index contributed by atoms with van der Waals surface area (Å²) in [7, 11) is 0. The second-order valence-corrected chi connectivity index (χ2v) is 9.23. The van der Waals surface area contributed by atoms with Crippen LogP contribution in [0.2, 0.25) is 0 Å². The number of hydrogen-bond acceptors (Lipinski definition) is 3. The molecule has 2 bridgehead atoms. The normalized spacial score (nSPS) is 31.6. The lowest BCUT2D eigenvalue weighted by Gasteiger charge is -2.61. The summed E-state index contributed by atoms with van der Waals surface area (Å²) in [6.45, 7) is 9.72. The maximum atomic E-state index is 13.5. The third kappa shape index (κ3) is 2.43. The molecule has 0 spiro atoms. The Morgan fingerprint density at radius 2 is 1.89 bits per heavy atom. The summed E-state index contributed by atoms with van der Waals surface area (Å²) in [6.07, 6.45) is 3.18. The predicted molar refractivity (Wildman–Crippen MR) is 103 cm³/mol. The highest BCUT2D eigenvalue weighted by molar-refractivity contribution is 5.88. The Kier molecular flexibility index (Phi) is 4.06. The lowest BCUT2D eigenvalue weighted by Crippen LogP contribution is -2.66. The number of aromatic hydroxyl groups is 1. The van der Waals surface area contributed by atoms with Gasteiger partial charge in [-0.15, -0.1) is 0 Å². The fourth-order valence-corrected chi connectivity index (χ4v) is 5.78. The van der Waals surface area contributed by atoms with E-state index in [4.69, 9.17) is 0 Å². The van der Waals surface area contributed by atoms with E-state index in [0.29, 0.717) is 25.3 Å². The van der Waals surface area contributed by atoms with E-state index in [-0.39, 0.29) is 34.7 Å². The molecule has 27 heavy (non-hydrogen) atoms. The number of carbonyl (C=O) groups excluding carboxylic acids is 2. The van der Waals surface area contributed by atoms with E-state index in [1.54, 1.807) is 17.9 Å². The molecule has 1 aliphatic carbocycles. The van der Waals surface area contributed by atoms with E-state index >= 15 is 0 Å². The van der Waals surface area contributed by atoms with E-state index in [1.165, 1.54) is 5.56 Å². The molecule has 1 aromatic carbocycles. The number of phenols is 1. The maximum absolute atomic E-state index is 13.5. The minimum absolute atomic E-state index is 0.0152. The predicted octanol–water partition coefficient (Wildman–Crippen LogP) is 2.84. The first kappa shape index (κ1) is 18.3. The Bertz CT molecular complexity index is 803. The Morgan fingerprint density at radius 1 is 1.15 bits per heavy atom. The topological polar surface area (TPSA) is 60.9 Å². The molecule has 2 heterocycles. The zero-order valence-corrected chi connectivity index (χ0v) is 16.8. The van der Waals surface area contributed by atoms with Crippen LogP contribution in [-0.2, 0) is 21.4 Å². The quantitative estimate of drug-likeness (QED) is 0.827. The Labute approximate surface area is 161 Å². The van der Waals surface area contributed by atoms with Gasteiger partial charge in [0.25, 0.3) is 0 Å². The van der Waals surface area contributed by atoms with Crippen molar-refractivity contribution in [1.29, 1.82) is 0 Å². The average molecular weight is 370 g/mol. The summed E-state index contributed by atoms with van der Waals surface area (Å²) >= 11 is 0. The largest absolute Gasteiger partial charge is 0.508 e. The van der Waals surface area contributed by atoms with Gasteiger partial charge in [-0.05, 0) is 48.3 Å². The highest BCUT2D eigenvalue weighted by Crippen LogP contribution is 2.57. The smallest absolute Gasteiger partial charge is 0.245 e. The van der Waals surface area contributed by atoms with E-state index in [0.717, 1.165) is 24.8 Å². The van der Waals surface area contributed by atoms with Crippen molar-refractivity contribution in [1.82, 2.24) is 9.80 Å². The lowest BCUT2D eigenvalue weighted by atomic mass is 9.51. The van der Waals surface area contributed by atoms with Crippen LogP contribution in [0.5, 0.6) is 5.75 Å². The minimum atomic E-state index is -0.326. The van der Waals surface area contributed by atoms with Crippen LogP contribution in [0.25, 0.3) is 0 Å². The van der Waals surface area contributed by atoms with Gasteiger partial charge in [-0.1, -0.05) is 32.9 Å². The van der Waals surface area contributed by atoms with Gasteiger partial charge in [-0.3, -0.25) is 9.59 Å². The average Bonchev–Trinajstić information content (AvgIpc) is 3.08. The van der Waals surface area contributed by atoms with Crippen molar-refractivity contribution in [3.63, 3.8) is 0 Å². The molecule has 1 N–H and O–H groups in total. The third-order valence-corrected chi connectivity index (χ3v) is 7.85. The van der Waals surface area contributed by atoms with Crippen LogP contribution >= 0.6 is 0 Å². The van der Waals surface area contributed by atoms with Crippen LogP contribution in [-0.4, -0.2) is 51.9 Å². The van der Waals surface area contributed by atoms with Gasteiger partial charge in [0.1, 0.15) is 11.8 Å². The van der Waals surface area contributed by atoms with Crippen LogP contribution in [0.3, 0.4) is 0 Å². The standard InChI is InChI=1S/C22H30N2O3/c1-14(25)23-11-6-8-17(23)20(27)24-12-10-22(4)16-7-5-9-18(26)15(16)13-19(24)21(22,2)3/h5,7,9,17,19,26H,6,8,10-13H2,1-4H3/t17?,19-,22+/m1/s1. The van der Waals surface area contributed by atoms with Crippen molar-refractivity contribution < 1.29 is 14.7 Å². The Hall–Kier alpha value is -2.04. The summed E-state index contributed by atoms with van der Waals surface area (Å²) in [4.78, 5) is 29.2. The van der Waals surface area contributed by atoms with Crippen molar-refractivity contribution in [2.24, 2.45) is 5.41 Å². The van der Waals surface area contributed by atoms with Crippen molar-refractivity contribution in [3.8, 4) is 5.75 Å². The Morgan fingerprint density at radius 3 is 2.59 bits per heavy atom. The lowest BCUT2D eigenvalue weighted by molar-refractivity contribution is -0.152. The fourth-order valence-electron chi connectivity index (χ4n) is 5.78. The molecule has 5 nitrogen and oxygen atoms in total. The second-order valence-electron chi connectivity index (χ2n) is 9.23. The number of phenolic OH excluding ortho intramolecular Hbond substituents is 1. The monoisotopic (exact) mass is 370 g/mol. The van der Waals surface area contributed by atoms with E-state index < -0.39 is 0 Å². The summed E-state index contributed by atoms with van der Waals surface area (Å²) in [5, 5.41) is 10.5.